The van der Waals surface area contributed by atoms with Crippen LogP contribution in [0, 0.1) is 0 Å². The maximum Gasteiger partial charge on any atom is 0.406 e. The van der Waals surface area contributed by atoms with Gasteiger partial charge in [0.15, 0.2) is 0 Å². The number of carbonyl (C=O) groups excluding carboxylic acids is 2. The molecular weight excluding hydrogens is 321 g/mol. The SMILES string of the molecule is CCc1ccc(CC(=O)N(C)[C@H]2CCN(CC(F)(F)F)C2=O)cc1. The number of benzene rings is 1. The maximum absolute atomic E-state index is 12.4. The molecule has 1 atom stereocenters. The summed E-state index contributed by atoms with van der Waals surface area (Å²) in [5.74, 6) is -0.907. The van der Waals surface area contributed by atoms with E-state index in [-0.39, 0.29) is 25.3 Å². The maximum atomic E-state index is 12.4. The molecule has 4 nitrogen and oxygen atoms in total. The second-order valence-electron chi connectivity index (χ2n) is 6.03. The van der Waals surface area contributed by atoms with Crippen LogP contribution in [0.3, 0.4) is 0 Å². The van der Waals surface area contributed by atoms with E-state index in [9.17, 15) is 22.8 Å². The first-order valence-corrected chi connectivity index (χ1v) is 7.90. The van der Waals surface area contributed by atoms with E-state index >= 15 is 0 Å². The zero-order valence-corrected chi connectivity index (χ0v) is 13.8. The second-order valence-corrected chi connectivity index (χ2v) is 6.03. The highest BCUT2D eigenvalue weighted by atomic mass is 19.4. The van der Waals surface area contributed by atoms with Gasteiger partial charge < -0.3 is 9.80 Å². The molecule has 0 bridgehead atoms. The Kier molecular flexibility index (Phi) is 5.51. The van der Waals surface area contributed by atoms with Gasteiger partial charge in [0.2, 0.25) is 11.8 Å². The number of rotatable bonds is 5. The third-order valence-corrected chi connectivity index (χ3v) is 4.29. The van der Waals surface area contributed by atoms with Gasteiger partial charge >= 0.3 is 6.18 Å². The van der Waals surface area contributed by atoms with Crippen LogP contribution in [0.15, 0.2) is 24.3 Å². The summed E-state index contributed by atoms with van der Waals surface area (Å²) >= 11 is 0. The van der Waals surface area contributed by atoms with Gasteiger partial charge in [-0.2, -0.15) is 13.2 Å². The van der Waals surface area contributed by atoms with Crippen molar-refractivity contribution in [2.45, 2.75) is 38.4 Å². The Morgan fingerprint density at radius 2 is 1.83 bits per heavy atom. The van der Waals surface area contributed by atoms with Gasteiger partial charge in [0.1, 0.15) is 12.6 Å². The smallest absolute Gasteiger partial charge is 0.333 e. The number of hydrogen-bond acceptors (Lipinski definition) is 2. The molecular formula is C17H21F3N2O2. The summed E-state index contributed by atoms with van der Waals surface area (Å²) in [6.07, 6.45) is -3.16. The van der Waals surface area contributed by atoms with E-state index in [1.807, 2.05) is 31.2 Å². The number of halogens is 3. The zero-order chi connectivity index (χ0) is 17.9. The van der Waals surface area contributed by atoms with E-state index in [1.54, 1.807) is 0 Å². The summed E-state index contributed by atoms with van der Waals surface area (Å²) in [5.41, 5.74) is 1.98. The van der Waals surface area contributed by atoms with Crippen LogP contribution in [0.5, 0.6) is 0 Å². The van der Waals surface area contributed by atoms with Gasteiger partial charge in [-0.3, -0.25) is 9.59 Å². The molecule has 7 heteroatoms. The van der Waals surface area contributed by atoms with Gasteiger partial charge in [-0.25, -0.2) is 0 Å². The predicted molar refractivity (Wildman–Crippen MR) is 83.3 cm³/mol. The molecule has 0 unspecified atom stereocenters. The molecule has 1 fully saturated rings. The highest BCUT2D eigenvalue weighted by Crippen LogP contribution is 2.23. The second kappa shape index (κ2) is 7.23. The molecule has 24 heavy (non-hydrogen) atoms. The molecule has 1 aliphatic heterocycles. The number of likely N-dealkylation sites (N-methyl/N-ethyl adjacent to an activating group) is 1. The molecule has 132 valence electrons. The number of amides is 2. The minimum absolute atomic E-state index is 0.0197. The zero-order valence-electron chi connectivity index (χ0n) is 13.8. The molecule has 0 N–H and O–H groups in total. The number of hydrogen-bond donors (Lipinski definition) is 0. The van der Waals surface area contributed by atoms with Crippen molar-refractivity contribution in [3.63, 3.8) is 0 Å². The Morgan fingerprint density at radius 1 is 1.25 bits per heavy atom. The van der Waals surface area contributed by atoms with E-state index in [2.05, 4.69) is 0 Å². The number of nitrogens with zero attached hydrogens (tertiary/aromatic N) is 2. The Bertz CT molecular complexity index is 599. The van der Waals surface area contributed by atoms with Crippen LogP contribution in [-0.2, 0) is 22.4 Å². The van der Waals surface area contributed by atoms with E-state index in [4.69, 9.17) is 0 Å². The lowest BCUT2D eigenvalue weighted by Gasteiger charge is -2.24. The lowest BCUT2D eigenvalue weighted by Crippen LogP contribution is -2.45. The van der Waals surface area contributed by atoms with Crippen LogP contribution in [0.4, 0.5) is 13.2 Å². The van der Waals surface area contributed by atoms with E-state index in [0.29, 0.717) is 0 Å². The van der Waals surface area contributed by atoms with Crippen LogP contribution in [0.1, 0.15) is 24.5 Å². The van der Waals surface area contributed by atoms with Gasteiger partial charge in [-0.15, -0.1) is 0 Å². The number of alkyl halides is 3. The minimum atomic E-state index is -4.42. The Hall–Kier alpha value is -2.05. The largest absolute Gasteiger partial charge is 0.406 e. The predicted octanol–water partition coefficient (Wildman–Crippen LogP) is 2.41. The first kappa shape index (κ1) is 18.3. The highest BCUT2D eigenvalue weighted by molar-refractivity contribution is 5.89. The molecule has 1 heterocycles. The first-order chi connectivity index (χ1) is 11.2. The summed E-state index contributed by atoms with van der Waals surface area (Å²) in [7, 11) is 1.47. The third kappa shape index (κ3) is 4.49. The first-order valence-electron chi connectivity index (χ1n) is 7.90. The molecule has 2 rings (SSSR count). The molecule has 0 saturated carbocycles. The topological polar surface area (TPSA) is 40.6 Å². The average Bonchev–Trinajstić information content (AvgIpc) is 2.86. The Labute approximate surface area is 139 Å². The van der Waals surface area contributed by atoms with Gasteiger partial charge in [0, 0.05) is 13.6 Å². The summed E-state index contributed by atoms with van der Waals surface area (Å²) in [6.45, 7) is 0.793. The van der Waals surface area contributed by atoms with Crippen LogP contribution >= 0.6 is 0 Å². The van der Waals surface area contributed by atoms with Crippen LogP contribution in [-0.4, -0.2) is 54.0 Å². The molecule has 1 aromatic carbocycles. The van der Waals surface area contributed by atoms with Crippen molar-refractivity contribution in [1.82, 2.24) is 9.80 Å². The third-order valence-electron chi connectivity index (χ3n) is 4.29. The van der Waals surface area contributed by atoms with Gasteiger partial charge in [-0.05, 0) is 24.0 Å². The van der Waals surface area contributed by atoms with Crippen molar-refractivity contribution >= 4 is 11.8 Å². The molecule has 2 amide bonds. The number of carbonyl (C=O) groups is 2. The van der Waals surface area contributed by atoms with E-state index in [1.165, 1.54) is 11.9 Å². The van der Waals surface area contributed by atoms with Crippen LogP contribution < -0.4 is 0 Å². The summed E-state index contributed by atoms with van der Waals surface area (Å²) in [5, 5.41) is 0. The van der Waals surface area contributed by atoms with Crippen molar-refractivity contribution in [3.8, 4) is 0 Å². The van der Waals surface area contributed by atoms with Crippen molar-refractivity contribution in [3.05, 3.63) is 35.4 Å². The van der Waals surface area contributed by atoms with Crippen molar-refractivity contribution in [1.29, 1.82) is 0 Å². The van der Waals surface area contributed by atoms with Crippen molar-refractivity contribution < 1.29 is 22.8 Å². The van der Waals surface area contributed by atoms with E-state index in [0.717, 1.165) is 22.4 Å². The molecule has 0 spiro atoms. The fraction of sp³-hybridized carbons (Fsp3) is 0.529. The summed E-state index contributed by atoms with van der Waals surface area (Å²) in [6, 6.07) is 6.78. The van der Waals surface area contributed by atoms with Gasteiger partial charge in [-0.1, -0.05) is 31.2 Å². The normalized spacial score (nSPS) is 18.1. The van der Waals surface area contributed by atoms with Crippen molar-refractivity contribution in [2.75, 3.05) is 20.1 Å². The van der Waals surface area contributed by atoms with Crippen LogP contribution in [0.2, 0.25) is 0 Å². The Balaban J connectivity index is 1.96. The fourth-order valence-electron chi connectivity index (χ4n) is 2.82. The molecule has 0 radical (unpaired) electrons. The molecule has 1 aromatic rings. The quantitative estimate of drug-likeness (QED) is 0.825. The Morgan fingerprint density at radius 3 is 2.38 bits per heavy atom. The van der Waals surface area contributed by atoms with Crippen LogP contribution in [0.25, 0.3) is 0 Å². The lowest BCUT2D eigenvalue weighted by atomic mass is 10.1. The molecule has 0 aromatic heterocycles. The number of likely N-dealkylation sites (tertiary alicyclic amines) is 1. The average molecular weight is 342 g/mol. The summed E-state index contributed by atoms with van der Waals surface area (Å²) < 4.78 is 37.3. The van der Waals surface area contributed by atoms with Gasteiger partial charge in [0.05, 0.1) is 6.42 Å². The minimum Gasteiger partial charge on any atom is -0.333 e. The highest BCUT2D eigenvalue weighted by Gasteiger charge is 2.41. The van der Waals surface area contributed by atoms with E-state index < -0.39 is 24.7 Å². The van der Waals surface area contributed by atoms with Gasteiger partial charge in [0.25, 0.3) is 0 Å². The molecule has 1 saturated heterocycles. The molecule has 1 aliphatic rings. The van der Waals surface area contributed by atoms with Crippen molar-refractivity contribution in [2.24, 2.45) is 0 Å². The number of aryl methyl sites for hydroxylation is 1. The lowest BCUT2D eigenvalue weighted by molar-refractivity contribution is -0.159. The monoisotopic (exact) mass is 342 g/mol. The fourth-order valence-corrected chi connectivity index (χ4v) is 2.82. The molecule has 0 aliphatic carbocycles. The summed E-state index contributed by atoms with van der Waals surface area (Å²) in [4.78, 5) is 26.5. The standard InChI is InChI=1S/C17H21F3N2O2/c1-3-12-4-6-13(7-5-12)10-15(23)21(2)14-8-9-22(16(14)24)11-17(18,19)20/h4-7,14H,3,8-11H2,1-2H3/t14-/m0/s1.